The van der Waals surface area contributed by atoms with E-state index in [0.717, 1.165) is 24.5 Å². The van der Waals surface area contributed by atoms with E-state index in [-0.39, 0.29) is 0 Å². The molecule has 1 aromatic carbocycles. The number of nitrogen functional groups attached to an aromatic ring is 1. The molecule has 0 saturated heterocycles. The molecule has 2 N–H and O–H groups in total. The largest absolute Gasteiger partial charge is 0.486 e. The monoisotopic (exact) mass is 273 g/mol. The SMILES string of the molecule is COCCc1ccc(OCc2nc(C)cc(N)n2)cc1. The Labute approximate surface area is 118 Å². The number of nitrogens with two attached hydrogens (primary N) is 1. The summed E-state index contributed by atoms with van der Waals surface area (Å²) in [6, 6.07) is 9.65. The molecule has 0 atom stereocenters. The van der Waals surface area contributed by atoms with Crippen molar-refractivity contribution >= 4 is 5.82 Å². The molecule has 0 amide bonds. The van der Waals surface area contributed by atoms with Crippen LogP contribution in [0.3, 0.4) is 0 Å². The molecule has 0 spiro atoms. The summed E-state index contributed by atoms with van der Waals surface area (Å²) in [6.45, 7) is 2.91. The Hall–Kier alpha value is -2.14. The fourth-order valence-electron chi connectivity index (χ4n) is 1.84. The zero-order valence-electron chi connectivity index (χ0n) is 11.8. The molecule has 0 aliphatic carbocycles. The van der Waals surface area contributed by atoms with Crippen molar-refractivity contribution in [3.63, 3.8) is 0 Å². The molecule has 0 saturated carbocycles. The third-order valence-corrected chi connectivity index (χ3v) is 2.81. The van der Waals surface area contributed by atoms with Crippen molar-refractivity contribution in [3.05, 3.63) is 47.4 Å². The van der Waals surface area contributed by atoms with Gasteiger partial charge in [0.2, 0.25) is 0 Å². The number of aryl methyl sites for hydroxylation is 1. The van der Waals surface area contributed by atoms with E-state index in [1.807, 2.05) is 31.2 Å². The molecule has 0 bridgehead atoms. The molecule has 20 heavy (non-hydrogen) atoms. The van der Waals surface area contributed by atoms with Gasteiger partial charge in [-0.05, 0) is 31.0 Å². The van der Waals surface area contributed by atoms with Crippen LogP contribution in [0.1, 0.15) is 17.1 Å². The van der Waals surface area contributed by atoms with Crippen LogP contribution in [-0.2, 0) is 17.8 Å². The van der Waals surface area contributed by atoms with Crippen LogP contribution >= 0.6 is 0 Å². The van der Waals surface area contributed by atoms with Crippen LogP contribution in [0, 0.1) is 6.92 Å². The average molecular weight is 273 g/mol. The number of anilines is 1. The first-order chi connectivity index (χ1) is 9.67. The fourth-order valence-corrected chi connectivity index (χ4v) is 1.84. The van der Waals surface area contributed by atoms with Crippen LogP contribution in [0.25, 0.3) is 0 Å². The number of hydrogen-bond donors (Lipinski definition) is 1. The predicted molar refractivity (Wildman–Crippen MR) is 77.5 cm³/mol. The number of methoxy groups -OCH3 is 1. The van der Waals surface area contributed by atoms with Crippen molar-refractivity contribution < 1.29 is 9.47 Å². The summed E-state index contributed by atoms with van der Waals surface area (Å²) in [4.78, 5) is 8.41. The molecule has 5 nitrogen and oxygen atoms in total. The summed E-state index contributed by atoms with van der Waals surface area (Å²) < 4.78 is 10.7. The Morgan fingerprint density at radius 2 is 1.90 bits per heavy atom. The summed E-state index contributed by atoms with van der Waals surface area (Å²) >= 11 is 0. The first kappa shape index (κ1) is 14.3. The van der Waals surface area contributed by atoms with Crippen molar-refractivity contribution in [2.24, 2.45) is 0 Å². The number of ether oxygens (including phenoxy) is 2. The first-order valence-corrected chi connectivity index (χ1v) is 6.48. The lowest BCUT2D eigenvalue weighted by molar-refractivity contribution is 0.202. The molecule has 5 heteroatoms. The van der Waals surface area contributed by atoms with Gasteiger partial charge in [0.25, 0.3) is 0 Å². The van der Waals surface area contributed by atoms with Crippen LogP contribution < -0.4 is 10.5 Å². The van der Waals surface area contributed by atoms with Gasteiger partial charge in [-0.25, -0.2) is 9.97 Å². The quantitative estimate of drug-likeness (QED) is 0.873. The summed E-state index contributed by atoms with van der Waals surface area (Å²) in [7, 11) is 1.70. The van der Waals surface area contributed by atoms with Gasteiger partial charge in [-0.2, -0.15) is 0 Å². The highest BCUT2D eigenvalue weighted by molar-refractivity contribution is 5.30. The van der Waals surface area contributed by atoms with Crippen molar-refractivity contribution in [1.82, 2.24) is 9.97 Å². The number of rotatable bonds is 6. The van der Waals surface area contributed by atoms with Crippen molar-refractivity contribution in [2.45, 2.75) is 20.0 Å². The average Bonchev–Trinajstić information content (AvgIpc) is 2.43. The molecule has 106 valence electrons. The highest BCUT2D eigenvalue weighted by Crippen LogP contribution is 2.14. The van der Waals surface area contributed by atoms with E-state index in [2.05, 4.69) is 9.97 Å². The minimum Gasteiger partial charge on any atom is -0.486 e. The van der Waals surface area contributed by atoms with E-state index in [4.69, 9.17) is 15.2 Å². The van der Waals surface area contributed by atoms with Crippen molar-refractivity contribution in [1.29, 1.82) is 0 Å². The van der Waals surface area contributed by atoms with Crippen LogP contribution in [0.2, 0.25) is 0 Å². The number of nitrogens with zero attached hydrogens (tertiary/aromatic N) is 2. The van der Waals surface area contributed by atoms with Crippen molar-refractivity contribution in [2.75, 3.05) is 19.5 Å². The van der Waals surface area contributed by atoms with Gasteiger partial charge < -0.3 is 15.2 Å². The van der Waals surface area contributed by atoms with E-state index in [0.29, 0.717) is 18.2 Å². The summed E-state index contributed by atoms with van der Waals surface area (Å²) in [5.74, 6) is 1.84. The first-order valence-electron chi connectivity index (χ1n) is 6.48. The maximum atomic E-state index is 5.68. The Morgan fingerprint density at radius 3 is 2.55 bits per heavy atom. The molecule has 0 fully saturated rings. The second-order valence-corrected chi connectivity index (χ2v) is 4.53. The zero-order valence-corrected chi connectivity index (χ0v) is 11.8. The van der Waals surface area contributed by atoms with Crippen LogP contribution in [0.15, 0.2) is 30.3 Å². The van der Waals surface area contributed by atoms with E-state index < -0.39 is 0 Å². The molecule has 2 aromatic rings. The number of benzene rings is 1. The standard InChI is InChI=1S/C15H19N3O2/c1-11-9-14(16)18-15(17-11)10-20-13-5-3-12(4-6-13)7-8-19-2/h3-6,9H,7-8,10H2,1-2H3,(H2,16,17,18). The molecular formula is C15H19N3O2. The normalized spacial score (nSPS) is 10.5. The molecule has 1 heterocycles. The Bertz CT molecular complexity index is 535. The minimum absolute atomic E-state index is 0.309. The zero-order chi connectivity index (χ0) is 14.4. The maximum absolute atomic E-state index is 5.68. The van der Waals surface area contributed by atoms with E-state index >= 15 is 0 Å². The summed E-state index contributed by atoms with van der Waals surface area (Å²) in [6.07, 6.45) is 0.897. The third-order valence-electron chi connectivity index (χ3n) is 2.81. The van der Waals surface area contributed by atoms with Crippen LogP contribution in [0.4, 0.5) is 5.82 Å². The topological polar surface area (TPSA) is 70.3 Å². The highest BCUT2D eigenvalue weighted by Gasteiger charge is 2.02. The second-order valence-electron chi connectivity index (χ2n) is 4.53. The lowest BCUT2D eigenvalue weighted by atomic mass is 10.1. The van der Waals surface area contributed by atoms with Gasteiger partial charge in [-0.3, -0.25) is 0 Å². The van der Waals surface area contributed by atoms with Gasteiger partial charge in [-0.1, -0.05) is 12.1 Å². The molecule has 0 radical (unpaired) electrons. The van der Waals surface area contributed by atoms with Crippen molar-refractivity contribution in [3.8, 4) is 5.75 Å². The predicted octanol–water partition coefficient (Wildman–Crippen LogP) is 2.14. The molecule has 0 aliphatic rings. The fraction of sp³-hybridized carbons (Fsp3) is 0.333. The minimum atomic E-state index is 0.309. The molecule has 0 aliphatic heterocycles. The number of hydrogen-bond acceptors (Lipinski definition) is 5. The molecule has 2 rings (SSSR count). The second kappa shape index (κ2) is 6.86. The van der Waals surface area contributed by atoms with Crippen LogP contribution in [0.5, 0.6) is 5.75 Å². The lowest BCUT2D eigenvalue weighted by Crippen LogP contribution is -2.05. The van der Waals surface area contributed by atoms with E-state index in [1.54, 1.807) is 13.2 Å². The Kier molecular flexibility index (Phi) is 4.90. The van der Waals surface area contributed by atoms with E-state index in [9.17, 15) is 0 Å². The molecular weight excluding hydrogens is 254 g/mol. The lowest BCUT2D eigenvalue weighted by Gasteiger charge is -2.07. The molecule has 1 aromatic heterocycles. The summed E-state index contributed by atoms with van der Waals surface area (Å²) in [5.41, 5.74) is 7.73. The maximum Gasteiger partial charge on any atom is 0.168 e. The van der Waals surface area contributed by atoms with Gasteiger partial charge in [0.1, 0.15) is 18.2 Å². The highest BCUT2D eigenvalue weighted by atomic mass is 16.5. The smallest absolute Gasteiger partial charge is 0.168 e. The van der Waals surface area contributed by atoms with Gasteiger partial charge in [0.05, 0.1) is 6.61 Å². The van der Waals surface area contributed by atoms with Crippen LogP contribution in [-0.4, -0.2) is 23.7 Å². The Balaban J connectivity index is 1.93. The van der Waals surface area contributed by atoms with Gasteiger partial charge in [-0.15, -0.1) is 0 Å². The molecule has 0 unspecified atom stereocenters. The van der Waals surface area contributed by atoms with Gasteiger partial charge >= 0.3 is 0 Å². The third kappa shape index (κ3) is 4.20. The van der Waals surface area contributed by atoms with Gasteiger partial charge in [0, 0.05) is 18.9 Å². The van der Waals surface area contributed by atoms with Gasteiger partial charge in [0.15, 0.2) is 5.82 Å². The number of aromatic nitrogens is 2. The van der Waals surface area contributed by atoms with E-state index in [1.165, 1.54) is 5.56 Å². The Morgan fingerprint density at radius 1 is 1.15 bits per heavy atom. The summed E-state index contributed by atoms with van der Waals surface area (Å²) in [5, 5.41) is 0.